The number of nitrogens with zero attached hydrogens (tertiary/aromatic N) is 1. The van der Waals surface area contributed by atoms with E-state index in [2.05, 4.69) is 5.32 Å². The zero-order valence-corrected chi connectivity index (χ0v) is 16.2. The second-order valence-electron chi connectivity index (χ2n) is 5.69. The Labute approximate surface area is 163 Å². The standard InChI is InChI=1S/C16H21Cl2N3O3.ClH/c1-24-13(9-19)8-15(22)21-4-2-3-14(21)16(23)20-12-6-10(17)5-11(18)7-12;/h5-7,13-14H,2-4,8-9,19H2,1H3,(H,20,23);1H. The van der Waals surface area contributed by atoms with E-state index in [4.69, 9.17) is 33.7 Å². The summed E-state index contributed by atoms with van der Waals surface area (Å²) in [5.41, 5.74) is 6.06. The summed E-state index contributed by atoms with van der Waals surface area (Å²) in [6, 6.07) is 4.30. The molecule has 0 bridgehead atoms. The molecule has 25 heavy (non-hydrogen) atoms. The van der Waals surface area contributed by atoms with Crippen molar-refractivity contribution in [3.05, 3.63) is 28.2 Å². The van der Waals surface area contributed by atoms with E-state index in [1.54, 1.807) is 23.1 Å². The maximum atomic E-state index is 12.5. The van der Waals surface area contributed by atoms with E-state index in [0.717, 1.165) is 6.42 Å². The number of halogens is 3. The van der Waals surface area contributed by atoms with Gasteiger partial charge in [-0.1, -0.05) is 23.2 Å². The second-order valence-corrected chi connectivity index (χ2v) is 6.56. The number of nitrogens with one attached hydrogen (secondary N) is 1. The van der Waals surface area contributed by atoms with Gasteiger partial charge < -0.3 is 20.7 Å². The number of amides is 2. The molecule has 0 radical (unpaired) electrons. The van der Waals surface area contributed by atoms with E-state index < -0.39 is 6.04 Å². The highest BCUT2D eigenvalue weighted by Gasteiger charge is 2.34. The lowest BCUT2D eigenvalue weighted by molar-refractivity contribution is -0.138. The molecule has 0 spiro atoms. The summed E-state index contributed by atoms with van der Waals surface area (Å²) in [5.74, 6) is -0.380. The van der Waals surface area contributed by atoms with Gasteiger partial charge in [-0.2, -0.15) is 0 Å². The first-order valence-corrected chi connectivity index (χ1v) is 8.49. The highest BCUT2D eigenvalue weighted by Crippen LogP contribution is 2.25. The van der Waals surface area contributed by atoms with Crippen LogP contribution >= 0.6 is 35.6 Å². The highest BCUT2D eigenvalue weighted by atomic mass is 35.5. The number of benzene rings is 1. The van der Waals surface area contributed by atoms with Crippen molar-refractivity contribution in [2.24, 2.45) is 5.73 Å². The molecule has 0 aromatic heterocycles. The normalized spacial score (nSPS) is 17.8. The molecule has 1 heterocycles. The fourth-order valence-electron chi connectivity index (χ4n) is 2.76. The number of hydrogen-bond acceptors (Lipinski definition) is 4. The lowest BCUT2D eigenvalue weighted by Crippen LogP contribution is -2.44. The van der Waals surface area contributed by atoms with Crippen molar-refractivity contribution in [3.63, 3.8) is 0 Å². The van der Waals surface area contributed by atoms with Crippen LogP contribution in [0.2, 0.25) is 10.0 Å². The van der Waals surface area contributed by atoms with Gasteiger partial charge in [0.1, 0.15) is 6.04 Å². The third-order valence-electron chi connectivity index (χ3n) is 4.00. The number of carbonyl (C=O) groups excluding carboxylic acids is 2. The van der Waals surface area contributed by atoms with E-state index in [1.165, 1.54) is 7.11 Å². The molecule has 1 aromatic carbocycles. The Hall–Kier alpha value is -1.05. The van der Waals surface area contributed by atoms with Crippen LogP contribution in [0.3, 0.4) is 0 Å². The third-order valence-corrected chi connectivity index (χ3v) is 4.44. The van der Waals surface area contributed by atoms with Crippen LogP contribution < -0.4 is 11.1 Å². The lowest BCUT2D eigenvalue weighted by Gasteiger charge is -2.25. The fourth-order valence-corrected chi connectivity index (χ4v) is 3.29. The molecule has 1 fully saturated rings. The molecule has 2 rings (SSSR count). The first-order chi connectivity index (χ1) is 11.4. The molecule has 0 aliphatic carbocycles. The number of carbonyl (C=O) groups is 2. The SMILES string of the molecule is COC(CN)CC(=O)N1CCCC1C(=O)Nc1cc(Cl)cc(Cl)c1.Cl. The molecule has 0 saturated carbocycles. The van der Waals surface area contributed by atoms with Gasteiger partial charge in [0.2, 0.25) is 11.8 Å². The molecular weight excluding hydrogens is 389 g/mol. The Balaban J connectivity index is 0.00000312. The number of hydrogen-bond donors (Lipinski definition) is 2. The lowest BCUT2D eigenvalue weighted by atomic mass is 10.1. The topological polar surface area (TPSA) is 84.7 Å². The van der Waals surface area contributed by atoms with E-state index in [0.29, 0.717) is 28.7 Å². The predicted octanol–water partition coefficient (Wildman–Crippen LogP) is 2.71. The second kappa shape index (κ2) is 10.2. The van der Waals surface area contributed by atoms with Gasteiger partial charge in [0.15, 0.2) is 0 Å². The van der Waals surface area contributed by atoms with Crippen LogP contribution in [0, 0.1) is 0 Å². The number of rotatable bonds is 6. The number of likely N-dealkylation sites (tertiary alicyclic amines) is 1. The smallest absolute Gasteiger partial charge is 0.247 e. The van der Waals surface area contributed by atoms with Gasteiger partial charge in [0.05, 0.1) is 12.5 Å². The molecular formula is C16H22Cl3N3O3. The summed E-state index contributed by atoms with van der Waals surface area (Å²) in [6.07, 6.45) is 1.22. The minimum atomic E-state index is -0.509. The summed E-state index contributed by atoms with van der Waals surface area (Å²) in [4.78, 5) is 26.5. The minimum absolute atomic E-state index is 0. The van der Waals surface area contributed by atoms with Gasteiger partial charge in [-0.25, -0.2) is 0 Å². The Morgan fingerprint density at radius 3 is 2.56 bits per heavy atom. The minimum Gasteiger partial charge on any atom is -0.380 e. The average Bonchev–Trinajstić information content (AvgIpc) is 3.01. The van der Waals surface area contributed by atoms with Crippen LogP contribution in [0.25, 0.3) is 0 Å². The zero-order chi connectivity index (χ0) is 17.7. The van der Waals surface area contributed by atoms with Crippen molar-refractivity contribution < 1.29 is 14.3 Å². The Morgan fingerprint density at radius 1 is 1.36 bits per heavy atom. The average molecular weight is 411 g/mol. The summed E-state index contributed by atoms with van der Waals surface area (Å²) < 4.78 is 5.15. The van der Waals surface area contributed by atoms with Gasteiger partial charge in [0, 0.05) is 35.9 Å². The monoisotopic (exact) mass is 409 g/mol. The van der Waals surface area contributed by atoms with E-state index >= 15 is 0 Å². The Morgan fingerprint density at radius 2 is 2.00 bits per heavy atom. The third kappa shape index (κ3) is 6.01. The van der Waals surface area contributed by atoms with Crippen molar-refractivity contribution in [1.82, 2.24) is 4.90 Å². The molecule has 1 aliphatic heterocycles. The van der Waals surface area contributed by atoms with Gasteiger partial charge >= 0.3 is 0 Å². The molecule has 2 atom stereocenters. The number of methoxy groups -OCH3 is 1. The van der Waals surface area contributed by atoms with Gasteiger partial charge in [0.25, 0.3) is 0 Å². The van der Waals surface area contributed by atoms with Crippen LogP contribution in [0.1, 0.15) is 19.3 Å². The molecule has 2 unspecified atom stereocenters. The van der Waals surface area contributed by atoms with Crippen LogP contribution in [0.5, 0.6) is 0 Å². The molecule has 2 amide bonds. The summed E-state index contributed by atoms with van der Waals surface area (Å²) in [5, 5.41) is 3.64. The van der Waals surface area contributed by atoms with Gasteiger partial charge in [-0.05, 0) is 31.0 Å². The van der Waals surface area contributed by atoms with Crippen molar-refractivity contribution in [1.29, 1.82) is 0 Å². The van der Waals surface area contributed by atoms with Crippen LogP contribution in [-0.4, -0.2) is 49.1 Å². The van der Waals surface area contributed by atoms with E-state index in [9.17, 15) is 9.59 Å². The van der Waals surface area contributed by atoms with Crippen LogP contribution in [0.4, 0.5) is 5.69 Å². The largest absolute Gasteiger partial charge is 0.380 e. The van der Waals surface area contributed by atoms with E-state index in [1.807, 2.05) is 0 Å². The van der Waals surface area contributed by atoms with Gasteiger partial charge in [-0.15, -0.1) is 12.4 Å². The van der Waals surface area contributed by atoms with Crippen LogP contribution in [-0.2, 0) is 14.3 Å². The molecule has 6 nitrogen and oxygen atoms in total. The number of anilines is 1. The molecule has 9 heteroatoms. The summed E-state index contributed by atoms with van der Waals surface area (Å²) in [7, 11) is 1.52. The molecule has 1 aromatic rings. The quantitative estimate of drug-likeness (QED) is 0.755. The highest BCUT2D eigenvalue weighted by molar-refractivity contribution is 6.35. The molecule has 1 saturated heterocycles. The maximum Gasteiger partial charge on any atom is 0.247 e. The summed E-state index contributed by atoms with van der Waals surface area (Å²) >= 11 is 11.9. The zero-order valence-electron chi connectivity index (χ0n) is 13.8. The van der Waals surface area contributed by atoms with Crippen molar-refractivity contribution >= 4 is 53.1 Å². The van der Waals surface area contributed by atoms with Crippen LogP contribution in [0.15, 0.2) is 18.2 Å². The molecule has 3 N–H and O–H groups in total. The first kappa shape index (κ1) is 22.0. The molecule has 140 valence electrons. The Bertz CT molecular complexity index is 591. The Kier molecular flexibility index (Phi) is 8.96. The van der Waals surface area contributed by atoms with Crippen molar-refractivity contribution in [2.45, 2.75) is 31.4 Å². The maximum absolute atomic E-state index is 12.5. The fraction of sp³-hybridized carbons (Fsp3) is 0.500. The first-order valence-electron chi connectivity index (χ1n) is 7.74. The van der Waals surface area contributed by atoms with Crippen molar-refractivity contribution in [2.75, 3.05) is 25.5 Å². The number of nitrogens with two attached hydrogens (primary N) is 1. The van der Waals surface area contributed by atoms with Gasteiger partial charge in [-0.3, -0.25) is 9.59 Å². The van der Waals surface area contributed by atoms with Crippen molar-refractivity contribution in [3.8, 4) is 0 Å². The number of ether oxygens (including phenoxy) is 1. The summed E-state index contributed by atoms with van der Waals surface area (Å²) in [6.45, 7) is 0.808. The predicted molar refractivity (Wildman–Crippen MR) is 102 cm³/mol. The van der Waals surface area contributed by atoms with E-state index in [-0.39, 0.29) is 43.3 Å². The molecule has 1 aliphatic rings.